The summed E-state index contributed by atoms with van der Waals surface area (Å²) >= 11 is 6.83. The fourth-order valence-electron chi connectivity index (χ4n) is 3.02. The van der Waals surface area contributed by atoms with Gasteiger partial charge in [-0.2, -0.15) is 0 Å². The van der Waals surface area contributed by atoms with Gasteiger partial charge in [-0.25, -0.2) is 0 Å². The van der Waals surface area contributed by atoms with Crippen LogP contribution in [0.2, 0.25) is 0 Å². The fraction of sp³-hybridized carbons (Fsp3) is 0.333. The van der Waals surface area contributed by atoms with Crippen molar-refractivity contribution in [2.75, 3.05) is 18.6 Å². The van der Waals surface area contributed by atoms with E-state index in [1.165, 1.54) is 4.90 Å². The molecular weight excluding hydrogens is 490 g/mol. The number of hydrogen-bond acceptors (Lipinski definition) is 4. The lowest BCUT2D eigenvalue weighted by Crippen LogP contribution is -2.29. The van der Waals surface area contributed by atoms with Gasteiger partial charge in [0.2, 0.25) is 0 Å². The van der Waals surface area contributed by atoms with Gasteiger partial charge < -0.3 is 9.47 Å². The number of nitrogens with zero attached hydrogens (tertiary/aromatic N) is 1. The first-order valence-corrected chi connectivity index (χ1v) is 10.6. The molecule has 2 aromatic rings. The molecule has 0 saturated heterocycles. The Morgan fingerprint density at radius 1 is 1.07 bits per heavy atom. The Morgan fingerprint density at radius 2 is 1.82 bits per heavy atom. The maximum Gasteiger partial charge on any atom is 0.299 e. The van der Waals surface area contributed by atoms with Crippen molar-refractivity contribution >= 4 is 49.2 Å². The van der Waals surface area contributed by atoms with Gasteiger partial charge in [0.15, 0.2) is 11.5 Å². The summed E-state index contributed by atoms with van der Waals surface area (Å²) in [5.74, 6) is 0.792. The second-order valence-corrected chi connectivity index (χ2v) is 8.79. The highest BCUT2D eigenvalue weighted by molar-refractivity contribution is 9.11. The molecular formula is C21H21Br2NO4. The molecule has 0 N–H and O–H groups in total. The zero-order valence-corrected chi connectivity index (χ0v) is 19.1. The number of Topliss-reactive ketones (excluding diaryl/α,β-unsaturated/α-hetero) is 1. The molecule has 28 heavy (non-hydrogen) atoms. The monoisotopic (exact) mass is 509 g/mol. The summed E-state index contributed by atoms with van der Waals surface area (Å²) in [5.41, 5.74) is 1.83. The normalized spacial score (nSPS) is 13.3. The van der Waals surface area contributed by atoms with E-state index in [9.17, 15) is 9.59 Å². The summed E-state index contributed by atoms with van der Waals surface area (Å²) in [6, 6.07) is 9.06. The highest BCUT2D eigenvalue weighted by Crippen LogP contribution is 2.40. The number of carbonyl (C=O) groups excluding carboxylic acids is 2. The van der Waals surface area contributed by atoms with Crippen molar-refractivity contribution in [3.05, 3.63) is 50.4 Å². The summed E-state index contributed by atoms with van der Waals surface area (Å²) in [6.07, 6.45) is 0.954. The first-order chi connectivity index (χ1) is 13.3. The van der Waals surface area contributed by atoms with Crippen LogP contribution >= 0.6 is 31.9 Å². The summed E-state index contributed by atoms with van der Waals surface area (Å²) in [5, 5.41) is 0. The topological polar surface area (TPSA) is 55.8 Å². The summed E-state index contributed by atoms with van der Waals surface area (Å²) in [7, 11) is 1.59. The maximum atomic E-state index is 12.5. The molecule has 1 aliphatic rings. The van der Waals surface area contributed by atoms with E-state index in [-0.39, 0.29) is 6.54 Å². The van der Waals surface area contributed by atoms with Gasteiger partial charge >= 0.3 is 0 Å². The predicted molar refractivity (Wildman–Crippen MR) is 115 cm³/mol. The van der Waals surface area contributed by atoms with Crippen LogP contribution in [0, 0.1) is 5.92 Å². The molecule has 0 aliphatic carbocycles. The van der Waals surface area contributed by atoms with Gasteiger partial charge in [0, 0.05) is 8.95 Å². The number of halogens is 2. The van der Waals surface area contributed by atoms with Gasteiger partial charge in [-0.05, 0) is 58.1 Å². The molecule has 0 atom stereocenters. The fourth-order valence-corrected chi connectivity index (χ4v) is 4.46. The number of anilines is 1. The number of hydrogen-bond donors (Lipinski definition) is 0. The van der Waals surface area contributed by atoms with E-state index >= 15 is 0 Å². The largest absolute Gasteiger partial charge is 0.493 e. The van der Waals surface area contributed by atoms with Gasteiger partial charge in [0.25, 0.3) is 11.7 Å². The molecule has 3 rings (SSSR count). The van der Waals surface area contributed by atoms with Crippen LogP contribution in [0.3, 0.4) is 0 Å². The minimum atomic E-state index is -0.537. The molecule has 1 heterocycles. The molecule has 0 saturated carbocycles. The minimum Gasteiger partial charge on any atom is -0.493 e. The lowest BCUT2D eigenvalue weighted by Gasteiger charge is -2.19. The molecule has 0 radical (unpaired) electrons. The highest BCUT2D eigenvalue weighted by Gasteiger charge is 2.37. The van der Waals surface area contributed by atoms with Crippen molar-refractivity contribution < 1.29 is 19.1 Å². The number of methoxy groups -OCH3 is 1. The Morgan fingerprint density at radius 3 is 2.50 bits per heavy atom. The average Bonchev–Trinajstić information content (AvgIpc) is 2.87. The Bertz CT molecular complexity index is 927. The van der Waals surface area contributed by atoms with Crippen LogP contribution in [0.25, 0.3) is 0 Å². The molecule has 0 unspecified atom stereocenters. The van der Waals surface area contributed by atoms with Gasteiger partial charge in [-0.1, -0.05) is 35.8 Å². The Balaban J connectivity index is 1.85. The van der Waals surface area contributed by atoms with Crippen molar-refractivity contribution in [2.45, 2.75) is 26.8 Å². The van der Waals surface area contributed by atoms with Crippen LogP contribution in [-0.4, -0.2) is 25.4 Å². The number of fused-ring (bicyclic) bond motifs is 1. The minimum absolute atomic E-state index is 0.264. The second kappa shape index (κ2) is 8.66. The third-order valence-corrected chi connectivity index (χ3v) is 5.57. The Hall–Kier alpha value is -1.86. The predicted octanol–water partition coefficient (Wildman–Crippen LogP) is 5.37. The first-order valence-electron chi connectivity index (χ1n) is 8.96. The third-order valence-electron chi connectivity index (χ3n) is 4.50. The highest BCUT2D eigenvalue weighted by atomic mass is 79.9. The SMILES string of the molecule is COc1cc(CN2C(=O)C(=O)c3cc(Br)cc(Br)c32)ccc1OCCC(C)C. The number of ether oxygens (including phenoxy) is 2. The van der Waals surface area contributed by atoms with Gasteiger partial charge in [-0.3, -0.25) is 14.5 Å². The van der Waals surface area contributed by atoms with Crippen molar-refractivity contribution in [3.63, 3.8) is 0 Å². The van der Waals surface area contributed by atoms with Crippen molar-refractivity contribution in [3.8, 4) is 11.5 Å². The standard InChI is InChI=1S/C21H21Br2NO4/c1-12(2)6-7-28-17-5-4-13(8-18(17)27-3)11-24-19-15(20(25)21(24)26)9-14(22)10-16(19)23/h4-5,8-10,12H,6-7,11H2,1-3H3. The Kier molecular flexibility index (Phi) is 6.45. The summed E-state index contributed by atoms with van der Waals surface area (Å²) < 4.78 is 12.7. The van der Waals surface area contributed by atoms with E-state index in [0.717, 1.165) is 16.5 Å². The maximum absolute atomic E-state index is 12.5. The lowest BCUT2D eigenvalue weighted by atomic mass is 10.1. The molecule has 0 bridgehead atoms. The van der Waals surface area contributed by atoms with Crippen LogP contribution < -0.4 is 14.4 Å². The van der Waals surface area contributed by atoms with E-state index in [1.807, 2.05) is 24.3 Å². The van der Waals surface area contributed by atoms with Gasteiger partial charge in [0.1, 0.15) is 0 Å². The van der Waals surface area contributed by atoms with Crippen LogP contribution in [0.15, 0.2) is 39.3 Å². The smallest absolute Gasteiger partial charge is 0.299 e. The number of benzene rings is 2. The number of rotatable bonds is 7. The molecule has 0 fully saturated rings. The molecule has 5 nitrogen and oxygen atoms in total. The number of amides is 1. The number of carbonyl (C=O) groups is 2. The molecule has 1 aliphatic heterocycles. The van der Waals surface area contributed by atoms with E-state index in [2.05, 4.69) is 45.7 Å². The van der Waals surface area contributed by atoms with Crippen molar-refractivity contribution in [2.24, 2.45) is 5.92 Å². The molecule has 0 spiro atoms. The zero-order valence-electron chi connectivity index (χ0n) is 15.9. The average molecular weight is 511 g/mol. The molecule has 0 aromatic heterocycles. The van der Waals surface area contributed by atoms with Crippen LogP contribution in [0.4, 0.5) is 5.69 Å². The Labute approximate surface area is 181 Å². The molecule has 1 amide bonds. The molecule has 2 aromatic carbocycles. The van der Waals surface area contributed by atoms with E-state index in [4.69, 9.17) is 9.47 Å². The van der Waals surface area contributed by atoms with Gasteiger partial charge in [-0.15, -0.1) is 0 Å². The van der Waals surface area contributed by atoms with Crippen LogP contribution in [-0.2, 0) is 11.3 Å². The van der Waals surface area contributed by atoms with E-state index < -0.39 is 11.7 Å². The summed E-state index contributed by atoms with van der Waals surface area (Å²) in [4.78, 5) is 26.4. The summed E-state index contributed by atoms with van der Waals surface area (Å²) in [6.45, 7) is 5.17. The van der Waals surface area contributed by atoms with Crippen LogP contribution in [0.5, 0.6) is 11.5 Å². The number of ketones is 1. The lowest BCUT2D eigenvalue weighted by molar-refractivity contribution is -0.114. The first kappa shape index (κ1) is 20.9. The third kappa shape index (κ3) is 4.25. The molecule has 148 valence electrons. The van der Waals surface area contributed by atoms with E-state index in [1.54, 1.807) is 13.2 Å². The molecule has 7 heteroatoms. The second-order valence-electron chi connectivity index (χ2n) is 7.02. The van der Waals surface area contributed by atoms with Crippen molar-refractivity contribution in [1.82, 2.24) is 0 Å². The van der Waals surface area contributed by atoms with Crippen molar-refractivity contribution in [1.29, 1.82) is 0 Å². The van der Waals surface area contributed by atoms with E-state index in [0.29, 0.717) is 39.7 Å². The zero-order chi connectivity index (χ0) is 20.4. The van der Waals surface area contributed by atoms with Crippen LogP contribution in [0.1, 0.15) is 36.2 Å². The van der Waals surface area contributed by atoms with Gasteiger partial charge in [0.05, 0.1) is 31.5 Å². The quantitative estimate of drug-likeness (QED) is 0.469.